The topological polar surface area (TPSA) is 41.5 Å². The molecule has 2 aliphatic heterocycles. The Balaban J connectivity index is 2.10. The van der Waals surface area contributed by atoms with Crippen LogP contribution in [0.4, 0.5) is 0 Å². The summed E-state index contributed by atoms with van der Waals surface area (Å²) >= 11 is 0. The Labute approximate surface area is 82.8 Å². The highest BCUT2D eigenvalue weighted by Crippen LogP contribution is 2.34. The first-order chi connectivity index (χ1) is 6.86. The number of hydrogen-bond acceptors (Lipinski definition) is 3. The normalized spacial score (nSPS) is 25.6. The molecule has 0 spiro atoms. The summed E-state index contributed by atoms with van der Waals surface area (Å²) < 4.78 is 5.40. The number of aliphatic hydroxyl groups is 1. The van der Waals surface area contributed by atoms with E-state index in [4.69, 9.17) is 4.74 Å². The highest BCUT2D eigenvalue weighted by molar-refractivity contribution is 5.54. The van der Waals surface area contributed by atoms with Crippen LogP contribution in [-0.2, 0) is 4.74 Å². The molecule has 2 N–H and O–H groups in total. The lowest BCUT2D eigenvalue weighted by atomic mass is 9.90. The SMILES string of the molecule is OC1=CCCC2=C1C1=C(CN2)COC1. The lowest BCUT2D eigenvalue weighted by Crippen LogP contribution is -2.26. The van der Waals surface area contributed by atoms with Gasteiger partial charge >= 0.3 is 0 Å². The number of hydrogen-bond donors (Lipinski definition) is 2. The molecule has 3 nitrogen and oxygen atoms in total. The van der Waals surface area contributed by atoms with Crippen LogP contribution in [0.3, 0.4) is 0 Å². The van der Waals surface area contributed by atoms with Crippen molar-refractivity contribution >= 4 is 0 Å². The number of ether oxygens (including phenoxy) is 1. The maximum absolute atomic E-state index is 9.82. The molecule has 0 radical (unpaired) electrons. The number of dihydropyridines is 1. The molecule has 74 valence electrons. The lowest BCUT2D eigenvalue weighted by molar-refractivity contribution is 0.204. The van der Waals surface area contributed by atoms with Gasteiger partial charge in [-0.1, -0.05) is 0 Å². The summed E-state index contributed by atoms with van der Waals surface area (Å²) in [6.07, 6.45) is 3.84. The predicted octanol–water partition coefficient (Wildman–Crippen LogP) is 1.41. The van der Waals surface area contributed by atoms with Gasteiger partial charge in [0.15, 0.2) is 0 Å². The molecule has 2 heterocycles. The Hall–Kier alpha value is -1.22. The van der Waals surface area contributed by atoms with Gasteiger partial charge in [0, 0.05) is 17.8 Å². The fourth-order valence-corrected chi connectivity index (χ4v) is 2.33. The van der Waals surface area contributed by atoms with E-state index in [-0.39, 0.29) is 0 Å². The monoisotopic (exact) mass is 191 g/mol. The lowest BCUT2D eigenvalue weighted by Gasteiger charge is -2.25. The molecule has 14 heavy (non-hydrogen) atoms. The van der Waals surface area contributed by atoms with E-state index in [9.17, 15) is 5.11 Å². The van der Waals surface area contributed by atoms with Gasteiger partial charge < -0.3 is 15.2 Å². The summed E-state index contributed by atoms with van der Waals surface area (Å²) in [6, 6.07) is 0. The van der Waals surface area contributed by atoms with Gasteiger partial charge in [-0.05, 0) is 30.1 Å². The molecule has 0 saturated heterocycles. The molecular weight excluding hydrogens is 178 g/mol. The molecule has 3 heteroatoms. The molecule has 0 bridgehead atoms. The largest absolute Gasteiger partial charge is 0.508 e. The van der Waals surface area contributed by atoms with E-state index in [2.05, 4.69) is 5.32 Å². The average Bonchev–Trinajstić information content (AvgIpc) is 2.65. The summed E-state index contributed by atoms with van der Waals surface area (Å²) in [5, 5.41) is 13.2. The first-order valence-electron chi connectivity index (χ1n) is 5.02. The van der Waals surface area contributed by atoms with Crippen LogP contribution in [0.2, 0.25) is 0 Å². The van der Waals surface area contributed by atoms with E-state index in [0.717, 1.165) is 25.0 Å². The molecule has 1 aliphatic carbocycles. The Morgan fingerprint density at radius 2 is 2.29 bits per heavy atom. The quantitative estimate of drug-likeness (QED) is 0.608. The van der Waals surface area contributed by atoms with Crippen molar-refractivity contribution in [2.45, 2.75) is 12.8 Å². The molecule has 0 unspecified atom stereocenters. The van der Waals surface area contributed by atoms with Crippen LogP contribution in [0.5, 0.6) is 0 Å². The van der Waals surface area contributed by atoms with Gasteiger partial charge in [0.25, 0.3) is 0 Å². The molecule has 0 aromatic carbocycles. The molecule has 0 amide bonds. The number of rotatable bonds is 0. The van der Waals surface area contributed by atoms with Gasteiger partial charge in [-0.3, -0.25) is 0 Å². The van der Waals surface area contributed by atoms with Crippen LogP contribution in [0.1, 0.15) is 12.8 Å². The van der Waals surface area contributed by atoms with Crippen LogP contribution in [0, 0.1) is 0 Å². The van der Waals surface area contributed by atoms with E-state index < -0.39 is 0 Å². The third-order valence-electron chi connectivity index (χ3n) is 3.06. The fraction of sp³-hybridized carbons (Fsp3) is 0.455. The molecule has 0 saturated carbocycles. The van der Waals surface area contributed by atoms with Crippen molar-refractivity contribution in [2.24, 2.45) is 0 Å². The molecule has 0 aromatic rings. The zero-order chi connectivity index (χ0) is 9.54. The summed E-state index contributed by atoms with van der Waals surface area (Å²) in [5.41, 5.74) is 4.71. The highest BCUT2D eigenvalue weighted by atomic mass is 16.5. The second-order valence-electron chi connectivity index (χ2n) is 3.91. The van der Waals surface area contributed by atoms with Crippen LogP contribution < -0.4 is 5.32 Å². The molecule has 3 rings (SSSR count). The Morgan fingerprint density at radius 3 is 3.21 bits per heavy atom. The van der Waals surface area contributed by atoms with Crippen molar-refractivity contribution in [1.82, 2.24) is 5.32 Å². The van der Waals surface area contributed by atoms with Crippen molar-refractivity contribution in [2.75, 3.05) is 19.8 Å². The molecule has 3 aliphatic rings. The van der Waals surface area contributed by atoms with Crippen LogP contribution in [0.15, 0.2) is 34.3 Å². The smallest absolute Gasteiger partial charge is 0.120 e. The van der Waals surface area contributed by atoms with Crippen LogP contribution in [0.25, 0.3) is 0 Å². The van der Waals surface area contributed by atoms with E-state index in [1.54, 1.807) is 0 Å². The molecule has 0 aromatic heterocycles. The van der Waals surface area contributed by atoms with Crippen molar-refractivity contribution in [3.8, 4) is 0 Å². The van der Waals surface area contributed by atoms with Gasteiger partial charge in [-0.25, -0.2) is 0 Å². The zero-order valence-corrected chi connectivity index (χ0v) is 7.97. The average molecular weight is 191 g/mol. The first kappa shape index (κ1) is 8.12. The Bertz CT molecular complexity index is 377. The predicted molar refractivity (Wildman–Crippen MR) is 52.8 cm³/mol. The van der Waals surface area contributed by atoms with Crippen molar-refractivity contribution < 1.29 is 9.84 Å². The second kappa shape index (κ2) is 2.89. The third kappa shape index (κ3) is 1.02. The number of aliphatic hydroxyl groups excluding tert-OH is 1. The van der Waals surface area contributed by atoms with E-state index in [0.29, 0.717) is 19.0 Å². The van der Waals surface area contributed by atoms with Crippen LogP contribution >= 0.6 is 0 Å². The van der Waals surface area contributed by atoms with Gasteiger partial charge in [0.1, 0.15) is 5.76 Å². The van der Waals surface area contributed by atoms with E-state index >= 15 is 0 Å². The summed E-state index contributed by atoms with van der Waals surface area (Å²) in [5.74, 6) is 0.427. The number of allylic oxidation sites excluding steroid dienone is 3. The Morgan fingerprint density at radius 1 is 1.36 bits per heavy atom. The zero-order valence-electron chi connectivity index (χ0n) is 7.97. The van der Waals surface area contributed by atoms with Gasteiger partial charge in [0.2, 0.25) is 0 Å². The number of nitrogens with one attached hydrogen (secondary N) is 1. The molecule has 0 atom stereocenters. The minimum atomic E-state index is 0.427. The van der Waals surface area contributed by atoms with E-state index in [1.807, 2.05) is 6.08 Å². The van der Waals surface area contributed by atoms with Crippen molar-refractivity contribution in [3.63, 3.8) is 0 Å². The minimum Gasteiger partial charge on any atom is -0.508 e. The van der Waals surface area contributed by atoms with Gasteiger partial charge in [0.05, 0.1) is 13.2 Å². The van der Waals surface area contributed by atoms with Gasteiger partial charge in [-0.2, -0.15) is 0 Å². The van der Waals surface area contributed by atoms with Crippen molar-refractivity contribution in [1.29, 1.82) is 0 Å². The molecule has 0 fully saturated rings. The summed E-state index contributed by atoms with van der Waals surface area (Å²) in [7, 11) is 0. The van der Waals surface area contributed by atoms with Gasteiger partial charge in [-0.15, -0.1) is 0 Å². The maximum Gasteiger partial charge on any atom is 0.120 e. The Kier molecular flexibility index (Phi) is 1.67. The minimum absolute atomic E-state index is 0.427. The highest BCUT2D eigenvalue weighted by Gasteiger charge is 2.28. The fourth-order valence-electron chi connectivity index (χ4n) is 2.33. The maximum atomic E-state index is 9.82. The second-order valence-corrected chi connectivity index (χ2v) is 3.91. The summed E-state index contributed by atoms with van der Waals surface area (Å²) in [6.45, 7) is 2.27. The van der Waals surface area contributed by atoms with Crippen LogP contribution in [-0.4, -0.2) is 24.9 Å². The third-order valence-corrected chi connectivity index (χ3v) is 3.06. The first-order valence-corrected chi connectivity index (χ1v) is 5.02. The standard InChI is InChI=1S/C11H13NO2/c13-10-3-1-2-9-11(10)8-6-14-5-7(8)4-12-9/h3,12-13H,1-2,4-6H2. The van der Waals surface area contributed by atoms with E-state index in [1.165, 1.54) is 16.8 Å². The number of fused-ring (bicyclic) bond motifs is 1. The molecular formula is C11H13NO2. The van der Waals surface area contributed by atoms with Crippen molar-refractivity contribution in [3.05, 3.63) is 34.3 Å². The summed E-state index contributed by atoms with van der Waals surface area (Å²) in [4.78, 5) is 0.